The molecule has 20 nitrogen and oxygen atoms in total. The molecule has 0 aliphatic heterocycles. The molecule has 0 unspecified atom stereocenters. The van der Waals surface area contributed by atoms with Gasteiger partial charge in [0.25, 0.3) is 0 Å². The first-order valence-electron chi connectivity index (χ1n) is 18.7. The molecule has 0 atom stereocenters. The van der Waals surface area contributed by atoms with Gasteiger partial charge in [0.1, 0.15) is 13.2 Å². The molecule has 0 aliphatic carbocycles. The smallest absolute Gasteiger partial charge is 0.407 e. The summed E-state index contributed by atoms with van der Waals surface area (Å²) in [4.78, 5) is 83.8. The van der Waals surface area contributed by atoms with Gasteiger partial charge in [-0.3, -0.25) is 24.1 Å². The Balaban J connectivity index is 3.84. The van der Waals surface area contributed by atoms with Crippen LogP contribution in [0.5, 0.6) is 0 Å². The molecule has 0 heterocycles. The number of hydrogen-bond donors (Lipinski definition) is 4. The summed E-state index contributed by atoms with van der Waals surface area (Å²) in [5.41, 5.74) is -0.611. The normalized spacial score (nSPS) is 10.7. The lowest BCUT2D eigenvalue weighted by atomic mass is 10.0. The Morgan fingerprint density at radius 2 is 0.842 bits per heavy atom. The third-order valence-corrected chi connectivity index (χ3v) is 8.23. The summed E-state index contributed by atoms with van der Waals surface area (Å²) in [7, 11) is 5.31. The molecular formula is C34H60BN5O15S2. The van der Waals surface area contributed by atoms with Crippen molar-refractivity contribution in [3.05, 3.63) is 0 Å². The number of alkyl carbamates (subject to hydrolysis) is 2. The van der Waals surface area contributed by atoms with Crippen molar-refractivity contribution >= 4 is 73.0 Å². The summed E-state index contributed by atoms with van der Waals surface area (Å²) in [6, 6.07) is 0. The third-order valence-electron chi connectivity index (χ3n) is 6.41. The van der Waals surface area contributed by atoms with E-state index < -0.39 is 29.8 Å². The first-order valence-corrected chi connectivity index (χ1v) is 21.0. The van der Waals surface area contributed by atoms with Crippen molar-refractivity contribution in [3.8, 4) is 0 Å². The molecule has 0 bridgehead atoms. The van der Waals surface area contributed by atoms with Gasteiger partial charge >= 0.3 is 24.1 Å². The Labute approximate surface area is 344 Å². The second-order valence-electron chi connectivity index (χ2n) is 11.4. The number of nitrogens with one attached hydrogen (secondary N) is 4. The van der Waals surface area contributed by atoms with Gasteiger partial charge in [-0.25, -0.2) is 9.59 Å². The van der Waals surface area contributed by atoms with E-state index in [4.69, 9.17) is 45.7 Å². The molecule has 0 aromatic carbocycles. The maximum absolute atomic E-state index is 12.1. The van der Waals surface area contributed by atoms with Crippen molar-refractivity contribution < 1.29 is 71.5 Å². The average Bonchev–Trinajstić information content (AvgIpc) is 3.17. The number of thioether (sulfide) groups is 2. The first-order chi connectivity index (χ1) is 27.6. The molecule has 0 saturated carbocycles. The fourth-order valence-electron chi connectivity index (χ4n) is 3.82. The molecule has 326 valence electrons. The molecule has 0 rings (SSSR count). The average molecular weight is 854 g/mol. The van der Waals surface area contributed by atoms with Crippen molar-refractivity contribution in [2.24, 2.45) is 0 Å². The summed E-state index contributed by atoms with van der Waals surface area (Å²) in [6.45, 7) is 8.32. The summed E-state index contributed by atoms with van der Waals surface area (Å²) < 4.78 is 41.5. The molecule has 4 amide bonds. The highest BCUT2D eigenvalue weighted by molar-refractivity contribution is 8.00. The molecule has 0 fully saturated rings. The Kier molecular flexibility index (Phi) is 37.2. The van der Waals surface area contributed by atoms with Crippen LogP contribution in [-0.2, 0) is 61.9 Å². The van der Waals surface area contributed by atoms with Crippen LogP contribution in [0.1, 0.15) is 26.7 Å². The summed E-state index contributed by atoms with van der Waals surface area (Å²) in [6.07, 6.45) is 0.535. The maximum atomic E-state index is 12.1. The van der Waals surface area contributed by atoms with Gasteiger partial charge in [-0.15, -0.1) is 23.5 Å². The summed E-state index contributed by atoms with van der Waals surface area (Å²) in [5, 5.41) is 10.5. The van der Waals surface area contributed by atoms with Gasteiger partial charge < -0.3 is 64.0 Å². The minimum Gasteiger partial charge on any atom is -0.464 e. The SMILES string of the molecule is [B]C(=O)CN(CCOC(=O)CSCC(=O)NCCOCCOCCNC(=O)OCCC)CCOC(=O)CSCC(=O)NCCOCCOCCNC(=O)OCCC. The van der Waals surface area contributed by atoms with Gasteiger partial charge in [0.05, 0.1) is 94.8 Å². The number of nitrogens with zero attached hydrogens (tertiary/aromatic N) is 1. The number of esters is 2. The highest BCUT2D eigenvalue weighted by Crippen LogP contribution is 2.02. The van der Waals surface area contributed by atoms with Gasteiger partial charge in [0.15, 0.2) is 7.85 Å². The van der Waals surface area contributed by atoms with Crippen molar-refractivity contribution in [1.29, 1.82) is 0 Å². The fraction of sp³-hybridized carbons (Fsp3) is 0.794. The molecule has 2 radical (unpaired) electrons. The van der Waals surface area contributed by atoms with Crippen LogP contribution in [0.2, 0.25) is 0 Å². The number of rotatable bonds is 38. The lowest BCUT2D eigenvalue weighted by Gasteiger charge is -2.20. The van der Waals surface area contributed by atoms with Crippen LogP contribution in [0.4, 0.5) is 9.59 Å². The highest BCUT2D eigenvalue weighted by Gasteiger charge is 2.13. The van der Waals surface area contributed by atoms with Gasteiger partial charge in [-0.1, -0.05) is 13.8 Å². The minimum atomic E-state index is -0.611. The van der Waals surface area contributed by atoms with E-state index in [1.807, 2.05) is 13.8 Å². The molecule has 23 heteroatoms. The lowest BCUT2D eigenvalue weighted by Crippen LogP contribution is -2.36. The number of amides is 4. The predicted molar refractivity (Wildman–Crippen MR) is 212 cm³/mol. The molecular weight excluding hydrogens is 793 g/mol. The monoisotopic (exact) mass is 853 g/mol. The van der Waals surface area contributed by atoms with Gasteiger partial charge in [0, 0.05) is 45.8 Å². The largest absolute Gasteiger partial charge is 0.464 e. The Morgan fingerprint density at radius 1 is 0.474 bits per heavy atom. The van der Waals surface area contributed by atoms with E-state index in [2.05, 4.69) is 21.3 Å². The molecule has 0 aromatic heterocycles. The molecule has 0 spiro atoms. The van der Waals surface area contributed by atoms with Crippen molar-refractivity contribution in [1.82, 2.24) is 26.2 Å². The topological polar surface area (TPSA) is 245 Å². The van der Waals surface area contributed by atoms with Gasteiger partial charge in [-0.05, 0) is 12.8 Å². The molecule has 0 saturated heterocycles. The van der Waals surface area contributed by atoms with Crippen LogP contribution in [-0.4, -0.2) is 202 Å². The van der Waals surface area contributed by atoms with Crippen molar-refractivity contribution in [2.45, 2.75) is 26.7 Å². The van der Waals surface area contributed by atoms with Gasteiger partial charge in [-0.2, -0.15) is 0 Å². The Bertz CT molecular complexity index is 1060. The van der Waals surface area contributed by atoms with Crippen molar-refractivity contribution in [3.63, 3.8) is 0 Å². The quantitative estimate of drug-likeness (QED) is 0.0255. The summed E-state index contributed by atoms with van der Waals surface area (Å²) in [5.74, 6) is -1.65. The third kappa shape index (κ3) is 39.3. The van der Waals surface area contributed by atoms with E-state index >= 15 is 0 Å². The minimum absolute atomic E-state index is 0.0429. The van der Waals surface area contributed by atoms with Crippen molar-refractivity contribution in [2.75, 3.05) is 148 Å². The van der Waals surface area contributed by atoms with Gasteiger partial charge in [0.2, 0.25) is 11.8 Å². The Hall–Kier alpha value is -3.35. The van der Waals surface area contributed by atoms with E-state index in [0.717, 1.165) is 36.4 Å². The van der Waals surface area contributed by atoms with Crippen LogP contribution in [0.3, 0.4) is 0 Å². The number of hydrogen-bond acceptors (Lipinski definition) is 18. The number of ether oxygens (including phenoxy) is 8. The second-order valence-corrected chi connectivity index (χ2v) is 13.4. The lowest BCUT2D eigenvalue weighted by molar-refractivity contribution is -0.141. The first kappa shape index (κ1) is 53.7. The Morgan fingerprint density at radius 3 is 1.19 bits per heavy atom. The van der Waals surface area contributed by atoms with E-state index in [0.29, 0.717) is 65.9 Å². The highest BCUT2D eigenvalue weighted by atomic mass is 32.2. The predicted octanol–water partition coefficient (Wildman–Crippen LogP) is -0.892. The molecule has 4 N–H and O–H groups in total. The zero-order valence-corrected chi connectivity index (χ0v) is 34.8. The van der Waals surface area contributed by atoms with Crippen LogP contribution in [0.15, 0.2) is 0 Å². The molecule has 0 aromatic rings. The van der Waals surface area contributed by atoms with E-state index in [1.54, 1.807) is 4.90 Å². The van der Waals surface area contributed by atoms with E-state index in [9.17, 15) is 33.6 Å². The van der Waals surface area contributed by atoms with E-state index in [1.165, 1.54) is 0 Å². The maximum Gasteiger partial charge on any atom is 0.407 e. The second kappa shape index (κ2) is 39.5. The fourth-order valence-corrected chi connectivity index (χ4v) is 5.10. The standard InChI is InChI=1S/C34H60BN5O15S2/c1-3-11-54-33(46)38-7-15-50-21-19-48-13-5-36-29(42)24-56-26-31(44)52-17-9-40(23-28(35)41)10-18-53-32(45)27-57-25-30(43)37-6-14-49-20-22-51-16-8-39-34(47)55-12-4-2/h3-27H2,1-2H3,(H,36,42)(H,37,43)(H,38,46)(H,39,47). The zero-order chi connectivity index (χ0) is 42.2. The van der Waals surface area contributed by atoms with Crippen LogP contribution >= 0.6 is 23.5 Å². The molecule has 57 heavy (non-hydrogen) atoms. The summed E-state index contributed by atoms with van der Waals surface area (Å²) >= 11 is 2.16. The number of carbonyl (C=O) groups excluding carboxylic acids is 7. The van der Waals surface area contributed by atoms with Crippen LogP contribution in [0, 0.1) is 0 Å². The van der Waals surface area contributed by atoms with E-state index in [-0.39, 0.29) is 94.0 Å². The zero-order valence-electron chi connectivity index (χ0n) is 33.1. The van der Waals surface area contributed by atoms with Crippen LogP contribution in [0.25, 0.3) is 0 Å². The molecule has 0 aliphatic rings. The van der Waals surface area contributed by atoms with Crippen LogP contribution < -0.4 is 21.3 Å². The number of carbonyl (C=O) groups is 7.